The highest BCUT2D eigenvalue weighted by atomic mass is 32.1. The molecule has 0 amide bonds. The van der Waals surface area contributed by atoms with Crippen LogP contribution in [0.4, 0.5) is 0 Å². The molecule has 0 rings (SSSR count). The van der Waals surface area contributed by atoms with Gasteiger partial charge in [-0.1, -0.05) is 72.0 Å². The summed E-state index contributed by atoms with van der Waals surface area (Å²) in [6.07, 6.45) is 9.31. The Labute approximate surface area is 95.5 Å². The Bertz CT molecular complexity index is 153. The molecule has 0 aromatic rings. The van der Waals surface area contributed by atoms with E-state index in [0.29, 0.717) is 0 Å². The van der Waals surface area contributed by atoms with E-state index < -0.39 is 0 Å². The van der Waals surface area contributed by atoms with Gasteiger partial charge in [-0.15, -0.1) is 0 Å². The van der Waals surface area contributed by atoms with Crippen molar-refractivity contribution in [2.24, 2.45) is 5.41 Å². The van der Waals surface area contributed by atoms with Crippen LogP contribution in [-0.2, 0) is 0 Å². The normalized spacial score (nSPS) is 11.7. The first-order valence-corrected chi connectivity index (χ1v) is 6.42. The fraction of sp³-hybridized carbons (Fsp3) is 0.923. The summed E-state index contributed by atoms with van der Waals surface area (Å²) in [5.41, 5.74) is 0.235. The van der Waals surface area contributed by atoms with Crippen molar-refractivity contribution in [1.29, 1.82) is 0 Å². The number of unbranched alkanes of at least 4 members (excludes halogenated alkanes) is 5. The lowest BCUT2D eigenvalue weighted by Gasteiger charge is -2.19. The maximum Gasteiger partial charge on any atom is -0.00180 e. The van der Waals surface area contributed by atoms with Crippen LogP contribution in [0.5, 0.6) is 0 Å². The molecule has 84 valence electrons. The third-order valence-corrected chi connectivity index (χ3v) is 3.41. The van der Waals surface area contributed by atoms with Gasteiger partial charge in [-0.05, 0) is 23.1 Å². The summed E-state index contributed by atoms with van der Waals surface area (Å²) >= 11 is 5.39. The summed E-state index contributed by atoms with van der Waals surface area (Å²) in [6, 6.07) is 0. The van der Waals surface area contributed by atoms with Crippen LogP contribution in [0.2, 0.25) is 0 Å². The summed E-state index contributed by atoms with van der Waals surface area (Å²) in [5, 5.41) is 0. The Morgan fingerprint density at radius 1 is 0.929 bits per heavy atom. The smallest absolute Gasteiger partial charge is 0.00180 e. The standard InChI is InChI=1S/C13H26S/c1-5-6-7-8-9-10-11-12(14)13(2,3)4/h5-11H2,1-4H3. The van der Waals surface area contributed by atoms with Crippen LogP contribution >= 0.6 is 12.2 Å². The Kier molecular flexibility index (Phi) is 7.44. The van der Waals surface area contributed by atoms with Gasteiger partial charge in [0.05, 0.1) is 0 Å². The molecule has 0 aliphatic heterocycles. The summed E-state index contributed by atoms with van der Waals surface area (Å²) in [6.45, 7) is 8.90. The number of rotatable bonds is 7. The summed E-state index contributed by atoms with van der Waals surface area (Å²) in [4.78, 5) is 1.24. The molecule has 0 heterocycles. The van der Waals surface area contributed by atoms with Gasteiger partial charge in [0, 0.05) is 0 Å². The predicted octanol–water partition coefficient (Wildman–Crippen LogP) is 5.15. The van der Waals surface area contributed by atoms with Crippen molar-refractivity contribution in [2.45, 2.75) is 72.6 Å². The van der Waals surface area contributed by atoms with E-state index in [1.54, 1.807) is 0 Å². The fourth-order valence-electron chi connectivity index (χ4n) is 1.44. The maximum atomic E-state index is 5.39. The molecule has 0 aliphatic rings. The van der Waals surface area contributed by atoms with Crippen molar-refractivity contribution in [3.63, 3.8) is 0 Å². The van der Waals surface area contributed by atoms with Crippen LogP contribution in [0, 0.1) is 5.41 Å². The molecule has 0 spiro atoms. The molecule has 0 N–H and O–H groups in total. The number of hydrogen-bond donors (Lipinski definition) is 0. The highest BCUT2D eigenvalue weighted by Crippen LogP contribution is 2.20. The average molecular weight is 214 g/mol. The van der Waals surface area contributed by atoms with E-state index in [1.807, 2.05) is 0 Å². The predicted molar refractivity (Wildman–Crippen MR) is 70.0 cm³/mol. The highest BCUT2D eigenvalue weighted by molar-refractivity contribution is 7.80. The number of hydrogen-bond acceptors (Lipinski definition) is 1. The molecule has 0 aromatic heterocycles. The van der Waals surface area contributed by atoms with E-state index in [2.05, 4.69) is 27.7 Å². The molecule has 0 nitrogen and oxygen atoms in total. The van der Waals surface area contributed by atoms with E-state index >= 15 is 0 Å². The second-order valence-corrected chi connectivity index (χ2v) is 5.68. The average Bonchev–Trinajstić information content (AvgIpc) is 2.09. The van der Waals surface area contributed by atoms with Crippen LogP contribution < -0.4 is 0 Å². The lowest BCUT2D eigenvalue weighted by atomic mass is 9.89. The Morgan fingerprint density at radius 3 is 1.93 bits per heavy atom. The molecule has 0 unspecified atom stereocenters. The lowest BCUT2D eigenvalue weighted by Crippen LogP contribution is -2.17. The molecule has 1 heteroatoms. The molecule has 14 heavy (non-hydrogen) atoms. The SMILES string of the molecule is CCCCCCCCC(=S)C(C)(C)C. The van der Waals surface area contributed by atoms with E-state index in [-0.39, 0.29) is 5.41 Å². The van der Waals surface area contributed by atoms with Crippen LogP contribution in [0.1, 0.15) is 72.6 Å². The molecule has 0 atom stereocenters. The lowest BCUT2D eigenvalue weighted by molar-refractivity contribution is 0.569. The molecule has 0 aliphatic carbocycles. The van der Waals surface area contributed by atoms with E-state index in [9.17, 15) is 0 Å². The van der Waals surface area contributed by atoms with Gasteiger partial charge in [-0.25, -0.2) is 0 Å². The summed E-state index contributed by atoms with van der Waals surface area (Å²) < 4.78 is 0. The second-order valence-electron chi connectivity index (χ2n) is 5.19. The van der Waals surface area contributed by atoms with Gasteiger partial charge in [0.15, 0.2) is 0 Å². The van der Waals surface area contributed by atoms with Crippen molar-refractivity contribution in [2.75, 3.05) is 0 Å². The maximum absolute atomic E-state index is 5.39. The minimum Gasteiger partial charge on any atom is -0.0891 e. The monoisotopic (exact) mass is 214 g/mol. The van der Waals surface area contributed by atoms with Gasteiger partial charge in [0.25, 0.3) is 0 Å². The molecule has 0 saturated heterocycles. The van der Waals surface area contributed by atoms with Crippen LogP contribution in [-0.4, -0.2) is 4.86 Å². The van der Waals surface area contributed by atoms with Crippen LogP contribution in [0.3, 0.4) is 0 Å². The van der Waals surface area contributed by atoms with E-state index in [4.69, 9.17) is 12.2 Å². The molecule has 0 saturated carbocycles. The van der Waals surface area contributed by atoms with E-state index in [0.717, 1.165) is 6.42 Å². The third-order valence-electron chi connectivity index (χ3n) is 2.59. The first kappa shape index (κ1) is 14.1. The number of thiocarbonyl (C=S) groups is 1. The first-order valence-electron chi connectivity index (χ1n) is 6.01. The summed E-state index contributed by atoms with van der Waals surface area (Å²) in [5.74, 6) is 0. The van der Waals surface area contributed by atoms with E-state index in [1.165, 1.54) is 43.4 Å². The van der Waals surface area contributed by atoms with Crippen molar-refractivity contribution >= 4 is 17.1 Å². The van der Waals surface area contributed by atoms with Crippen LogP contribution in [0.15, 0.2) is 0 Å². The molecule has 0 bridgehead atoms. The molecule has 0 radical (unpaired) electrons. The van der Waals surface area contributed by atoms with Gasteiger partial charge >= 0.3 is 0 Å². The quantitative estimate of drug-likeness (QED) is 0.417. The van der Waals surface area contributed by atoms with Gasteiger partial charge in [0.1, 0.15) is 0 Å². The summed E-state index contributed by atoms with van der Waals surface area (Å²) in [7, 11) is 0. The van der Waals surface area contributed by atoms with Crippen molar-refractivity contribution in [3.05, 3.63) is 0 Å². The third kappa shape index (κ3) is 7.49. The minimum atomic E-state index is 0.235. The Hall–Kier alpha value is 0.0900. The van der Waals surface area contributed by atoms with Crippen molar-refractivity contribution < 1.29 is 0 Å². The highest BCUT2D eigenvalue weighted by Gasteiger charge is 2.15. The zero-order chi connectivity index (χ0) is 11.0. The molecule has 0 fully saturated rings. The molecular formula is C13H26S. The molecule has 0 aromatic carbocycles. The fourth-order valence-corrected chi connectivity index (χ4v) is 1.59. The minimum absolute atomic E-state index is 0.235. The Morgan fingerprint density at radius 2 is 1.43 bits per heavy atom. The zero-order valence-corrected chi connectivity index (χ0v) is 11.2. The van der Waals surface area contributed by atoms with Crippen LogP contribution in [0.25, 0.3) is 0 Å². The first-order chi connectivity index (χ1) is 6.48. The van der Waals surface area contributed by atoms with Gasteiger partial charge < -0.3 is 0 Å². The largest absolute Gasteiger partial charge is 0.0891 e. The van der Waals surface area contributed by atoms with Gasteiger partial charge in [-0.3, -0.25) is 0 Å². The zero-order valence-electron chi connectivity index (χ0n) is 10.4. The van der Waals surface area contributed by atoms with Crippen molar-refractivity contribution in [3.8, 4) is 0 Å². The Balaban J connectivity index is 3.33. The van der Waals surface area contributed by atoms with Crippen molar-refractivity contribution in [1.82, 2.24) is 0 Å². The van der Waals surface area contributed by atoms with Gasteiger partial charge in [0.2, 0.25) is 0 Å². The molecular weight excluding hydrogens is 188 g/mol. The topological polar surface area (TPSA) is 0 Å². The second kappa shape index (κ2) is 7.39. The van der Waals surface area contributed by atoms with Gasteiger partial charge in [-0.2, -0.15) is 0 Å².